The van der Waals surface area contributed by atoms with Gasteiger partial charge >= 0.3 is 0 Å². The highest BCUT2D eigenvalue weighted by Gasteiger charge is 2.12. The number of hydrogen-bond acceptors (Lipinski definition) is 4. The van der Waals surface area contributed by atoms with Crippen LogP contribution in [0, 0.1) is 0 Å². The van der Waals surface area contributed by atoms with E-state index in [1.165, 1.54) is 12.1 Å². The molecule has 0 aliphatic heterocycles. The Morgan fingerprint density at radius 3 is 2.53 bits per heavy atom. The standard InChI is InChI=1S/C15H17NO3/c1-10(13-7-6-12(18)8-15(13)19)16-14-5-3-2-4-11(14)9-17/h2-8,10,16-19H,9H2,1H3. The Balaban J connectivity index is 2.23. The molecule has 0 radical (unpaired) electrons. The van der Waals surface area contributed by atoms with Gasteiger partial charge in [-0.3, -0.25) is 0 Å². The fourth-order valence-electron chi connectivity index (χ4n) is 2.01. The van der Waals surface area contributed by atoms with Crippen molar-refractivity contribution in [1.29, 1.82) is 0 Å². The van der Waals surface area contributed by atoms with Gasteiger partial charge in [0.25, 0.3) is 0 Å². The third-order valence-electron chi connectivity index (χ3n) is 3.04. The van der Waals surface area contributed by atoms with Crippen LogP contribution in [-0.4, -0.2) is 15.3 Å². The van der Waals surface area contributed by atoms with Crippen molar-refractivity contribution in [3.05, 3.63) is 53.6 Å². The molecule has 0 heterocycles. The van der Waals surface area contributed by atoms with Crippen LogP contribution in [0.4, 0.5) is 5.69 Å². The first-order valence-electron chi connectivity index (χ1n) is 6.09. The van der Waals surface area contributed by atoms with Gasteiger partial charge in [-0.15, -0.1) is 0 Å². The number of para-hydroxylation sites is 1. The number of anilines is 1. The highest BCUT2D eigenvalue weighted by atomic mass is 16.3. The van der Waals surface area contributed by atoms with Crippen LogP contribution in [0.15, 0.2) is 42.5 Å². The Kier molecular flexibility index (Phi) is 3.92. The minimum Gasteiger partial charge on any atom is -0.508 e. The van der Waals surface area contributed by atoms with E-state index in [-0.39, 0.29) is 24.1 Å². The van der Waals surface area contributed by atoms with E-state index in [9.17, 15) is 15.3 Å². The zero-order valence-corrected chi connectivity index (χ0v) is 10.7. The zero-order chi connectivity index (χ0) is 13.8. The van der Waals surface area contributed by atoms with Crippen LogP contribution in [0.25, 0.3) is 0 Å². The second-order valence-corrected chi connectivity index (χ2v) is 4.42. The van der Waals surface area contributed by atoms with Crippen LogP contribution < -0.4 is 5.32 Å². The molecule has 0 aromatic heterocycles. The average Bonchev–Trinajstić information content (AvgIpc) is 2.39. The summed E-state index contributed by atoms with van der Waals surface area (Å²) >= 11 is 0. The van der Waals surface area contributed by atoms with Crippen LogP contribution in [0.5, 0.6) is 11.5 Å². The summed E-state index contributed by atoms with van der Waals surface area (Å²) in [5.41, 5.74) is 2.31. The summed E-state index contributed by atoms with van der Waals surface area (Å²) in [5.74, 6) is 0.0747. The lowest BCUT2D eigenvalue weighted by molar-refractivity contribution is 0.282. The molecule has 1 atom stereocenters. The van der Waals surface area contributed by atoms with Gasteiger partial charge in [0, 0.05) is 22.9 Å². The molecule has 100 valence electrons. The number of phenols is 2. The van der Waals surface area contributed by atoms with Gasteiger partial charge in [-0.1, -0.05) is 18.2 Å². The molecule has 19 heavy (non-hydrogen) atoms. The van der Waals surface area contributed by atoms with E-state index >= 15 is 0 Å². The number of aliphatic hydroxyl groups excluding tert-OH is 1. The van der Waals surface area contributed by atoms with Crippen molar-refractivity contribution in [2.75, 3.05) is 5.32 Å². The highest BCUT2D eigenvalue weighted by molar-refractivity contribution is 5.53. The van der Waals surface area contributed by atoms with Crippen molar-refractivity contribution in [2.45, 2.75) is 19.6 Å². The van der Waals surface area contributed by atoms with E-state index in [0.29, 0.717) is 5.56 Å². The molecule has 0 saturated carbocycles. The number of aliphatic hydroxyl groups is 1. The van der Waals surface area contributed by atoms with E-state index in [1.54, 1.807) is 6.07 Å². The molecule has 0 aliphatic rings. The molecule has 4 nitrogen and oxygen atoms in total. The molecule has 0 saturated heterocycles. The maximum absolute atomic E-state index is 9.82. The summed E-state index contributed by atoms with van der Waals surface area (Å²) in [6.45, 7) is 1.86. The molecule has 2 rings (SSSR count). The van der Waals surface area contributed by atoms with Crippen LogP contribution in [0.1, 0.15) is 24.1 Å². The van der Waals surface area contributed by atoms with Crippen LogP contribution in [0.3, 0.4) is 0 Å². The summed E-state index contributed by atoms with van der Waals surface area (Å²) in [7, 11) is 0. The molecule has 4 heteroatoms. The Morgan fingerprint density at radius 1 is 1.11 bits per heavy atom. The Labute approximate surface area is 112 Å². The minimum atomic E-state index is -0.145. The number of benzene rings is 2. The Morgan fingerprint density at radius 2 is 1.84 bits per heavy atom. The second kappa shape index (κ2) is 5.63. The van der Waals surface area contributed by atoms with E-state index in [0.717, 1.165) is 11.3 Å². The van der Waals surface area contributed by atoms with Crippen LogP contribution >= 0.6 is 0 Å². The fourth-order valence-corrected chi connectivity index (χ4v) is 2.01. The van der Waals surface area contributed by atoms with Crippen molar-refractivity contribution < 1.29 is 15.3 Å². The number of aromatic hydroxyl groups is 2. The summed E-state index contributed by atoms with van der Waals surface area (Å²) in [5, 5.41) is 31.6. The van der Waals surface area contributed by atoms with Crippen molar-refractivity contribution in [3.8, 4) is 11.5 Å². The summed E-state index contributed by atoms with van der Waals surface area (Å²) in [6.07, 6.45) is 0. The molecule has 0 spiro atoms. The number of hydrogen-bond donors (Lipinski definition) is 4. The lowest BCUT2D eigenvalue weighted by atomic mass is 10.1. The summed E-state index contributed by atoms with van der Waals surface area (Å²) in [4.78, 5) is 0. The summed E-state index contributed by atoms with van der Waals surface area (Å²) < 4.78 is 0. The Hall–Kier alpha value is -2.20. The summed E-state index contributed by atoms with van der Waals surface area (Å²) in [6, 6.07) is 11.8. The van der Waals surface area contributed by atoms with Gasteiger partial charge in [-0.2, -0.15) is 0 Å². The Bertz CT molecular complexity index is 569. The smallest absolute Gasteiger partial charge is 0.124 e. The van der Waals surface area contributed by atoms with E-state index in [4.69, 9.17) is 0 Å². The van der Waals surface area contributed by atoms with Crippen molar-refractivity contribution >= 4 is 5.69 Å². The average molecular weight is 259 g/mol. The maximum atomic E-state index is 9.82. The van der Waals surface area contributed by atoms with Crippen molar-refractivity contribution in [3.63, 3.8) is 0 Å². The van der Waals surface area contributed by atoms with Crippen molar-refractivity contribution in [2.24, 2.45) is 0 Å². The van der Waals surface area contributed by atoms with E-state index in [2.05, 4.69) is 5.32 Å². The predicted molar refractivity (Wildman–Crippen MR) is 74.2 cm³/mol. The molecule has 1 unspecified atom stereocenters. The van der Waals surface area contributed by atoms with Gasteiger partial charge in [0.05, 0.1) is 12.6 Å². The number of phenolic OH excluding ortho intramolecular Hbond substituents is 2. The normalized spacial score (nSPS) is 12.1. The van der Waals surface area contributed by atoms with Crippen LogP contribution in [0.2, 0.25) is 0 Å². The molecular formula is C15H17NO3. The topological polar surface area (TPSA) is 72.7 Å². The van der Waals surface area contributed by atoms with Gasteiger partial charge in [-0.25, -0.2) is 0 Å². The third-order valence-corrected chi connectivity index (χ3v) is 3.04. The highest BCUT2D eigenvalue weighted by Crippen LogP contribution is 2.30. The van der Waals surface area contributed by atoms with Gasteiger partial charge in [0.1, 0.15) is 11.5 Å². The first kappa shape index (κ1) is 13.2. The fraction of sp³-hybridized carbons (Fsp3) is 0.200. The van der Waals surface area contributed by atoms with Crippen LogP contribution in [-0.2, 0) is 6.61 Å². The molecule has 0 fully saturated rings. The largest absolute Gasteiger partial charge is 0.508 e. The van der Waals surface area contributed by atoms with Gasteiger partial charge in [0.2, 0.25) is 0 Å². The SMILES string of the molecule is CC(Nc1ccccc1CO)c1ccc(O)cc1O. The molecule has 2 aromatic rings. The monoisotopic (exact) mass is 259 g/mol. The molecule has 0 amide bonds. The van der Waals surface area contributed by atoms with Gasteiger partial charge in [-0.05, 0) is 25.1 Å². The number of nitrogens with one attached hydrogen (secondary N) is 1. The lowest BCUT2D eigenvalue weighted by Gasteiger charge is -2.19. The number of rotatable bonds is 4. The molecule has 4 N–H and O–H groups in total. The van der Waals surface area contributed by atoms with Crippen molar-refractivity contribution in [1.82, 2.24) is 0 Å². The maximum Gasteiger partial charge on any atom is 0.124 e. The van der Waals surface area contributed by atoms with Gasteiger partial charge < -0.3 is 20.6 Å². The first-order valence-corrected chi connectivity index (χ1v) is 6.09. The molecule has 0 aliphatic carbocycles. The molecule has 0 bridgehead atoms. The molecular weight excluding hydrogens is 242 g/mol. The lowest BCUT2D eigenvalue weighted by Crippen LogP contribution is -2.08. The zero-order valence-electron chi connectivity index (χ0n) is 10.7. The first-order chi connectivity index (χ1) is 9.11. The quantitative estimate of drug-likeness (QED) is 0.681. The van der Waals surface area contributed by atoms with Gasteiger partial charge in [0.15, 0.2) is 0 Å². The molecule has 2 aromatic carbocycles. The predicted octanol–water partition coefficient (Wildman–Crippen LogP) is 2.76. The van der Waals surface area contributed by atoms with E-state index in [1.807, 2.05) is 31.2 Å². The van der Waals surface area contributed by atoms with E-state index < -0.39 is 0 Å². The second-order valence-electron chi connectivity index (χ2n) is 4.42. The third kappa shape index (κ3) is 2.98. The minimum absolute atomic E-state index is 0.0317.